The van der Waals surface area contributed by atoms with E-state index in [1.54, 1.807) is 10.9 Å². The van der Waals surface area contributed by atoms with Crippen LogP contribution < -0.4 is 5.32 Å². The number of hydrogen-bond donors (Lipinski definition) is 2. The fourth-order valence-corrected chi connectivity index (χ4v) is 2.17. The van der Waals surface area contributed by atoms with Crippen LogP contribution in [0.25, 0.3) is 16.9 Å². The van der Waals surface area contributed by atoms with Crippen molar-refractivity contribution in [1.29, 1.82) is 0 Å². The number of aromatic amines is 1. The van der Waals surface area contributed by atoms with Gasteiger partial charge in [0.05, 0.1) is 28.0 Å². The summed E-state index contributed by atoms with van der Waals surface area (Å²) in [5.41, 5.74) is 2.27. The second-order valence-electron chi connectivity index (χ2n) is 4.43. The van der Waals surface area contributed by atoms with E-state index in [1.165, 1.54) is 0 Å². The zero-order valence-electron chi connectivity index (χ0n) is 11.4. The Balaban J connectivity index is 2.28. The molecule has 0 radical (unpaired) electrons. The molecule has 0 fully saturated rings. The summed E-state index contributed by atoms with van der Waals surface area (Å²) in [6.45, 7) is 6.49. The summed E-state index contributed by atoms with van der Waals surface area (Å²) in [7, 11) is 0. The number of H-pyrrole nitrogens is 1. The first-order chi connectivity index (χ1) is 9.61. The summed E-state index contributed by atoms with van der Waals surface area (Å²) in [6.07, 6.45) is 1.69. The molecule has 3 aromatic rings. The Bertz CT molecular complexity index is 774. The van der Waals surface area contributed by atoms with Gasteiger partial charge in [-0.25, -0.2) is 4.68 Å². The first-order valence-corrected chi connectivity index (χ1v) is 6.66. The lowest BCUT2D eigenvalue weighted by atomic mass is 10.3. The van der Waals surface area contributed by atoms with E-state index in [0.29, 0.717) is 22.4 Å². The van der Waals surface area contributed by atoms with Crippen LogP contribution in [0.4, 0.5) is 5.95 Å². The van der Waals surface area contributed by atoms with Crippen molar-refractivity contribution in [1.82, 2.24) is 29.9 Å². The number of nitrogens with zero attached hydrogens (tertiary/aromatic N) is 5. The van der Waals surface area contributed by atoms with Crippen molar-refractivity contribution < 1.29 is 0 Å². The predicted molar refractivity (Wildman–Crippen MR) is 77.5 cm³/mol. The van der Waals surface area contributed by atoms with E-state index in [2.05, 4.69) is 30.6 Å². The van der Waals surface area contributed by atoms with Gasteiger partial charge in [-0.1, -0.05) is 11.6 Å². The average molecular weight is 292 g/mol. The molecular formula is C12H14ClN7. The topological polar surface area (TPSA) is 84.3 Å². The van der Waals surface area contributed by atoms with Crippen molar-refractivity contribution in [3.63, 3.8) is 0 Å². The third kappa shape index (κ3) is 1.90. The van der Waals surface area contributed by atoms with Crippen LogP contribution >= 0.6 is 11.6 Å². The molecule has 0 spiro atoms. The molecule has 0 unspecified atom stereocenters. The van der Waals surface area contributed by atoms with E-state index < -0.39 is 0 Å². The van der Waals surface area contributed by atoms with E-state index >= 15 is 0 Å². The fraction of sp³-hybridized carbons (Fsp3) is 0.333. The van der Waals surface area contributed by atoms with Gasteiger partial charge in [-0.3, -0.25) is 5.10 Å². The summed E-state index contributed by atoms with van der Waals surface area (Å²) in [5, 5.41) is 15.8. The number of halogens is 1. The first-order valence-electron chi connectivity index (χ1n) is 6.29. The van der Waals surface area contributed by atoms with Gasteiger partial charge in [-0.2, -0.15) is 20.2 Å². The molecule has 0 aliphatic carbocycles. The zero-order valence-corrected chi connectivity index (χ0v) is 12.2. The lowest BCUT2D eigenvalue weighted by molar-refractivity contribution is 0.810. The van der Waals surface area contributed by atoms with Crippen LogP contribution in [-0.2, 0) is 0 Å². The van der Waals surface area contributed by atoms with Crippen LogP contribution in [0.5, 0.6) is 0 Å². The van der Waals surface area contributed by atoms with Crippen LogP contribution in [0.1, 0.15) is 18.3 Å². The van der Waals surface area contributed by atoms with E-state index in [0.717, 1.165) is 23.3 Å². The third-order valence-corrected chi connectivity index (χ3v) is 3.58. The lowest BCUT2D eigenvalue weighted by Crippen LogP contribution is -2.08. The van der Waals surface area contributed by atoms with Crippen molar-refractivity contribution in [2.75, 3.05) is 11.9 Å². The van der Waals surface area contributed by atoms with Crippen molar-refractivity contribution in [3.05, 3.63) is 22.6 Å². The number of aryl methyl sites for hydroxylation is 1. The first kappa shape index (κ1) is 12.9. The molecule has 0 amide bonds. The molecule has 3 rings (SSSR count). The molecular weight excluding hydrogens is 278 g/mol. The Kier molecular flexibility index (Phi) is 3.06. The normalized spacial score (nSPS) is 11.2. The molecule has 8 heteroatoms. The lowest BCUT2D eigenvalue weighted by Gasteiger charge is -2.07. The highest BCUT2D eigenvalue weighted by atomic mass is 35.5. The number of fused-ring (bicyclic) bond motifs is 1. The average Bonchev–Trinajstić information content (AvgIpc) is 2.99. The molecule has 7 nitrogen and oxygen atoms in total. The maximum Gasteiger partial charge on any atom is 0.226 e. The highest BCUT2D eigenvalue weighted by molar-refractivity contribution is 6.31. The summed E-state index contributed by atoms with van der Waals surface area (Å²) in [6, 6.07) is 0. The molecule has 2 N–H and O–H groups in total. The van der Waals surface area contributed by atoms with Crippen molar-refractivity contribution in [3.8, 4) is 5.82 Å². The van der Waals surface area contributed by atoms with Crippen LogP contribution in [0.2, 0.25) is 5.02 Å². The second kappa shape index (κ2) is 4.75. The number of hydrogen-bond acceptors (Lipinski definition) is 5. The standard InChI is InChI=1S/C12H14ClN7/c1-4-14-12-16-10-8(5-15-18-10)11(17-12)20-7(3)9(13)6(2)19-20/h5H,4H2,1-3H3,(H2,14,15,16,17,18). The molecule has 3 heterocycles. The number of rotatable bonds is 3. The van der Waals surface area contributed by atoms with E-state index in [4.69, 9.17) is 11.6 Å². The van der Waals surface area contributed by atoms with Gasteiger partial charge in [0, 0.05) is 6.54 Å². The summed E-state index contributed by atoms with van der Waals surface area (Å²) in [4.78, 5) is 8.86. The minimum atomic E-state index is 0.530. The highest BCUT2D eigenvalue weighted by Crippen LogP contribution is 2.25. The molecule has 3 aromatic heterocycles. The van der Waals surface area contributed by atoms with Gasteiger partial charge in [0.2, 0.25) is 5.95 Å². The highest BCUT2D eigenvalue weighted by Gasteiger charge is 2.16. The Hall–Kier alpha value is -2.15. The predicted octanol–water partition coefficient (Wildman–Crippen LogP) is 2.24. The number of aromatic nitrogens is 6. The zero-order chi connectivity index (χ0) is 14.3. The number of nitrogens with one attached hydrogen (secondary N) is 2. The van der Waals surface area contributed by atoms with E-state index in [-0.39, 0.29) is 0 Å². The van der Waals surface area contributed by atoms with Crippen LogP contribution in [-0.4, -0.2) is 36.5 Å². The van der Waals surface area contributed by atoms with Gasteiger partial charge >= 0.3 is 0 Å². The van der Waals surface area contributed by atoms with Crippen molar-refractivity contribution in [2.45, 2.75) is 20.8 Å². The van der Waals surface area contributed by atoms with Crippen LogP contribution in [0.15, 0.2) is 6.20 Å². The van der Waals surface area contributed by atoms with Crippen LogP contribution in [0, 0.1) is 13.8 Å². The maximum absolute atomic E-state index is 6.21. The Morgan fingerprint density at radius 3 is 2.80 bits per heavy atom. The second-order valence-corrected chi connectivity index (χ2v) is 4.81. The van der Waals surface area contributed by atoms with Crippen molar-refractivity contribution >= 4 is 28.6 Å². The largest absolute Gasteiger partial charge is 0.354 e. The number of anilines is 1. The van der Waals surface area contributed by atoms with Gasteiger partial charge in [0.15, 0.2) is 11.5 Å². The molecule has 0 atom stereocenters. The Labute approximate surface area is 120 Å². The molecule has 0 aliphatic heterocycles. The SMILES string of the molecule is CCNc1nc(-n2nc(C)c(Cl)c2C)c2cn[nH]c2n1. The van der Waals surface area contributed by atoms with E-state index in [9.17, 15) is 0 Å². The monoisotopic (exact) mass is 291 g/mol. The fourth-order valence-electron chi connectivity index (χ4n) is 2.05. The molecule has 104 valence electrons. The third-order valence-electron chi connectivity index (χ3n) is 3.03. The molecule has 0 bridgehead atoms. The smallest absolute Gasteiger partial charge is 0.226 e. The van der Waals surface area contributed by atoms with E-state index in [1.807, 2.05) is 20.8 Å². The minimum absolute atomic E-state index is 0.530. The van der Waals surface area contributed by atoms with Gasteiger partial charge < -0.3 is 5.32 Å². The minimum Gasteiger partial charge on any atom is -0.354 e. The molecule has 0 saturated carbocycles. The quantitative estimate of drug-likeness (QED) is 0.773. The Morgan fingerprint density at radius 2 is 2.15 bits per heavy atom. The Morgan fingerprint density at radius 1 is 1.35 bits per heavy atom. The van der Waals surface area contributed by atoms with Gasteiger partial charge in [-0.15, -0.1) is 0 Å². The molecule has 0 aromatic carbocycles. The summed E-state index contributed by atoms with van der Waals surface area (Å²) >= 11 is 6.21. The van der Waals surface area contributed by atoms with Gasteiger partial charge in [0.25, 0.3) is 0 Å². The molecule has 20 heavy (non-hydrogen) atoms. The van der Waals surface area contributed by atoms with Gasteiger partial charge in [-0.05, 0) is 20.8 Å². The summed E-state index contributed by atoms with van der Waals surface area (Å²) in [5.74, 6) is 1.19. The van der Waals surface area contributed by atoms with Crippen molar-refractivity contribution in [2.24, 2.45) is 0 Å². The van der Waals surface area contributed by atoms with Gasteiger partial charge in [0.1, 0.15) is 0 Å². The molecule has 0 saturated heterocycles. The maximum atomic E-state index is 6.21. The summed E-state index contributed by atoms with van der Waals surface area (Å²) < 4.78 is 1.72. The van der Waals surface area contributed by atoms with Crippen LogP contribution in [0.3, 0.4) is 0 Å². The molecule has 0 aliphatic rings.